The van der Waals surface area contributed by atoms with Crippen molar-refractivity contribution in [1.82, 2.24) is 8.87 Å². The van der Waals surface area contributed by atoms with E-state index in [9.17, 15) is 26.9 Å². The first-order chi connectivity index (χ1) is 15.2. The molecule has 1 aromatic heterocycles. The number of allylic oxidation sites excluding steroid dienone is 1. The van der Waals surface area contributed by atoms with Crippen LogP contribution < -0.4 is 4.90 Å². The number of alkyl halides is 3. The molecule has 0 radical (unpaired) electrons. The number of sulfonamides is 1. The van der Waals surface area contributed by atoms with E-state index in [-0.39, 0.29) is 18.8 Å². The molecule has 0 bridgehead atoms. The van der Waals surface area contributed by atoms with Crippen molar-refractivity contribution in [2.75, 3.05) is 36.8 Å². The van der Waals surface area contributed by atoms with Gasteiger partial charge in [-0.15, -0.1) is 0 Å². The standard InChI is InChI=1S/C22H25F3N4O2S/c1-2-29-20-14-17(22(23,24)25)7-8-18(20)19(15-26)21(29)27-9-11-28(12-10-27)32(30,31)13-3-4-16-5-6-16/h3-4,7-8,14,16H,2,5-6,9-13H2,1H3. The van der Waals surface area contributed by atoms with Crippen LogP contribution in [0.2, 0.25) is 0 Å². The lowest BCUT2D eigenvalue weighted by molar-refractivity contribution is -0.137. The number of fused-ring (bicyclic) bond motifs is 1. The molecule has 1 aliphatic carbocycles. The van der Waals surface area contributed by atoms with Crippen LogP contribution in [-0.2, 0) is 22.7 Å². The molecule has 0 amide bonds. The number of halogens is 3. The lowest BCUT2D eigenvalue weighted by Gasteiger charge is -2.35. The van der Waals surface area contributed by atoms with Crippen molar-refractivity contribution in [3.8, 4) is 6.07 Å². The molecule has 1 saturated carbocycles. The third-order valence-corrected chi connectivity index (χ3v) is 7.83. The van der Waals surface area contributed by atoms with E-state index >= 15 is 0 Å². The molecular formula is C22H25F3N4O2S. The van der Waals surface area contributed by atoms with E-state index in [1.54, 1.807) is 10.6 Å². The zero-order valence-electron chi connectivity index (χ0n) is 17.8. The zero-order chi connectivity index (χ0) is 23.1. The van der Waals surface area contributed by atoms with Crippen LogP contribution in [0.1, 0.15) is 30.9 Å². The molecule has 2 aliphatic rings. The van der Waals surface area contributed by atoms with E-state index in [2.05, 4.69) is 6.07 Å². The smallest absolute Gasteiger partial charge is 0.354 e. The first-order valence-electron chi connectivity index (χ1n) is 10.7. The second-order valence-corrected chi connectivity index (χ2v) is 10.2. The number of benzene rings is 1. The molecule has 32 heavy (non-hydrogen) atoms. The second kappa shape index (κ2) is 8.45. The van der Waals surface area contributed by atoms with Gasteiger partial charge in [0.25, 0.3) is 0 Å². The summed E-state index contributed by atoms with van der Waals surface area (Å²) in [6, 6.07) is 5.57. The van der Waals surface area contributed by atoms with E-state index < -0.39 is 21.8 Å². The number of hydrogen-bond acceptors (Lipinski definition) is 4. The Labute approximate surface area is 185 Å². The van der Waals surface area contributed by atoms with Crippen molar-refractivity contribution in [3.63, 3.8) is 0 Å². The Morgan fingerprint density at radius 3 is 2.44 bits per heavy atom. The maximum atomic E-state index is 13.2. The molecule has 1 saturated heterocycles. The van der Waals surface area contributed by atoms with E-state index in [0.717, 1.165) is 25.0 Å². The van der Waals surface area contributed by atoms with Gasteiger partial charge in [-0.25, -0.2) is 8.42 Å². The summed E-state index contributed by atoms with van der Waals surface area (Å²) in [5, 5.41) is 10.3. The summed E-state index contributed by atoms with van der Waals surface area (Å²) in [7, 11) is -3.41. The summed E-state index contributed by atoms with van der Waals surface area (Å²) in [4.78, 5) is 1.90. The molecule has 4 rings (SSSR count). The topological polar surface area (TPSA) is 69.3 Å². The predicted molar refractivity (Wildman–Crippen MR) is 117 cm³/mol. The third kappa shape index (κ3) is 4.36. The first kappa shape index (κ1) is 22.7. The van der Waals surface area contributed by atoms with Crippen molar-refractivity contribution in [2.45, 2.75) is 32.5 Å². The molecule has 2 aromatic rings. The number of aromatic nitrogens is 1. The van der Waals surface area contributed by atoms with Gasteiger partial charge in [0.15, 0.2) is 0 Å². The summed E-state index contributed by atoms with van der Waals surface area (Å²) in [6.45, 7) is 3.47. The summed E-state index contributed by atoms with van der Waals surface area (Å²) in [5.74, 6) is 1.04. The molecule has 2 fully saturated rings. The molecule has 0 unspecified atom stereocenters. The number of hydrogen-bond donors (Lipinski definition) is 0. The van der Waals surface area contributed by atoms with Crippen LogP contribution in [-0.4, -0.2) is 49.2 Å². The van der Waals surface area contributed by atoms with Gasteiger partial charge in [-0.3, -0.25) is 0 Å². The molecule has 172 valence electrons. The van der Waals surface area contributed by atoms with E-state index in [4.69, 9.17) is 0 Å². The second-order valence-electron chi connectivity index (χ2n) is 8.21. The maximum Gasteiger partial charge on any atom is 0.416 e. The number of rotatable bonds is 6. The van der Waals surface area contributed by atoms with E-state index in [1.165, 1.54) is 10.4 Å². The van der Waals surface area contributed by atoms with Gasteiger partial charge < -0.3 is 9.47 Å². The van der Waals surface area contributed by atoms with Crippen LogP contribution in [0.25, 0.3) is 10.9 Å². The Morgan fingerprint density at radius 2 is 1.88 bits per heavy atom. The average molecular weight is 467 g/mol. The highest BCUT2D eigenvalue weighted by molar-refractivity contribution is 7.89. The Morgan fingerprint density at radius 1 is 1.19 bits per heavy atom. The van der Waals surface area contributed by atoms with Crippen molar-refractivity contribution in [3.05, 3.63) is 41.5 Å². The van der Waals surface area contributed by atoms with Gasteiger partial charge >= 0.3 is 6.18 Å². The van der Waals surface area contributed by atoms with Crippen molar-refractivity contribution in [1.29, 1.82) is 5.26 Å². The van der Waals surface area contributed by atoms with Gasteiger partial charge in [0, 0.05) is 38.1 Å². The van der Waals surface area contributed by atoms with Crippen LogP contribution in [0, 0.1) is 17.2 Å². The van der Waals surface area contributed by atoms with Crippen LogP contribution in [0.15, 0.2) is 30.4 Å². The van der Waals surface area contributed by atoms with E-state index in [0.29, 0.717) is 47.8 Å². The summed E-state index contributed by atoms with van der Waals surface area (Å²) in [6.07, 6.45) is 1.44. The predicted octanol–water partition coefficient (Wildman–Crippen LogP) is 3.97. The molecule has 0 spiro atoms. The lowest BCUT2D eigenvalue weighted by Crippen LogP contribution is -2.49. The Balaban J connectivity index is 1.59. The van der Waals surface area contributed by atoms with Crippen molar-refractivity contribution in [2.24, 2.45) is 5.92 Å². The molecule has 0 atom stereocenters. The Bertz CT molecular complexity index is 1180. The van der Waals surface area contributed by atoms with E-state index in [1.807, 2.05) is 17.9 Å². The van der Waals surface area contributed by atoms with Gasteiger partial charge in [0.2, 0.25) is 10.0 Å². The normalized spacial score (nSPS) is 18.5. The third-order valence-electron chi connectivity index (χ3n) is 6.06. The molecular weight excluding hydrogens is 441 g/mol. The van der Waals surface area contributed by atoms with Crippen molar-refractivity contribution >= 4 is 26.7 Å². The first-order valence-corrected chi connectivity index (χ1v) is 12.3. The number of nitrogens with zero attached hydrogens (tertiary/aromatic N) is 4. The number of anilines is 1. The molecule has 6 nitrogen and oxygen atoms in total. The fourth-order valence-electron chi connectivity index (χ4n) is 4.21. The highest BCUT2D eigenvalue weighted by atomic mass is 32.2. The number of nitriles is 1. The minimum atomic E-state index is -4.47. The van der Waals surface area contributed by atoms with Gasteiger partial charge in [-0.05, 0) is 37.8 Å². The SMILES string of the molecule is CCn1c(N2CCN(S(=O)(=O)CC=CC3CC3)CC2)c(C#N)c2ccc(C(F)(F)F)cc21. The minimum Gasteiger partial charge on any atom is -0.354 e. The largest absolute Gasteiger partial charge is 0.416 e. The van der Waals surface area contributed by atoms with Crippen LogP contribution in [0.5, 0.6) is 0 Å². The number of piperazine rings is 1. The molecule has 2 heterocycles. The maximum absolute atomic E-state index is 13.2. The lowest BCUT2D eigenvalue weighted by atomic mass is 10.1. The van der Waals surface area contributed by atoms with Crippen LogP contribution >= 0.6 is 0 Å². The number of aryl methyl sites for hydroxylation is 1. The van der Waals surface area contributed by atoms with Gasteiger partial charge in [-0.2, -0.15) is 22.7 Å². The Hall–Kier alpha value is -2.51. The van der Waals surface area contributed by atoms with Gasteiger partial charge in [-0.1, -0.05) is 18.2 Å². The van der Waals surface area contributed by atoms with Crippen molar-refractivity contribution < 1.29 is 21.6 Å². The zero-order valence-corrected chi connectivity index (χ0v) is 18.6. The summed E-state index contributed by atoms with van der Waals surface area (Å²) >= 11 is 0. The summed E-state index contributed by atoms with van der Waals surface area (Å²) in [5.41, 5.74) is -0.0863. The van der Waals surface area contributed by atoms with Crippen LogP contribution in [0.4, 0.5) is 19.0 Å². The molecule has 0 N–H and O–H groups in total. The quantitative estimate of drug-likeness (QED) is 0.604. The molecule has 1 aromatic carbocycles. The van der Waals surface area contributed by atoms with Gasteiger partial charge in [0.1, 0.15) is 17.5 Å². The Kier molecular flexibility index (Phi) is 5.98. The highest BCUT2D eigenvalue weighted by Crippen LogP contribution is 2.37. The van der Waals surface area contributed by atoms with Gasteiger partial charge in [0.05, 0.1) is 16.8 Å². The monoisotopic (exact) mass is 466 g/mol. The molecule has 1 aliphatic heterocycles. The highest BCUT2D eigenvalue weighted by Gasteiger charge is 2.33. The average Bonchev–Trinajstić information content (AvgIpc) is 3.52. The molecule has 10 heteroatoms. The van der Waals surface area contributed by atoms with Crippen LogP contribution in [0.3, 0.4) is 0 Å². The fraction of sp³-hybridized carbons (Fsp3) is 0.500. The summed E-state index contributed by atoms with van der Waals surface area (Å²) < 4.78 is 68.2. The minimum absolute atomic E-state index is 0.0254. The fourth-order valence-corrected chi connectivity index (χ4v) is 5.50.